The van der Waals surface area contributed by atoms with Crippen LogP contribution in [-0.2, 0) is 4.79 Å². The minimum absolute atomic E-state index is 0.0304. The van der Waals surface area contributed by atoms with Crippen molar-refractivity contribution in [1.82, 2.24) is 0 Å². The van der Waals surface area contributed by atoms with Crippen LogP contribution < -0.4 is 15.4 Å². The van der Waals surface area contributed by atoms with Crippen molar-refractivity contribution in [2.45, 2.75) is 39.0 Å². The van der Waals surface area contributed by atoms with Crippen LogP contribution in [0.4, 0.5) is 5.69 Å². The summed E-state index contributed by atoms with van der Waals surface area (Å²) in [6, 6.07) is 5.36. The van der Waals surface area contributed by atoms with E-state index in [9.17, 15) is 9.90 Å². The molecular formula is C14H20N2O3. The summed E-state index contributed by atoms with van der Waals surface area (Å²) in [4.78, 5) is 13.9. The Balaban J connectivity index is 2.48. The number of ether oxygens (including phenoxy) is 1. The highest BCUT2D eigenvalue weighted by Gasteiger charge is 2.33. The van der Waals surface area contributed by atoms with Crippen LogP contribution in [0.1, 0.15) is 32.4 Å². The highest BCUT2D eigenvalue weighted by atomic mass is 16.5. The van der Waals surface area contributed by atoms with E-state index in [0.29, 0.717) is 17.0 Å². The van der Waals surface area contributed by atoms with E-state index in [0.717, 1.165) is 0 Å². The molecule has 0 saturated heterocycles. The van der Waals surface area contributed by atoms with Gasteiger partial charge in [0.05, 0.1) is 11.8 Å². The van der Waals surface area contributed by atoms with Gasteiger partial charge >= 0.3 is 0 Å². The summed E-state index contributed by atoms with van der Waals surface area (Å²) >= 11 is 0. The molecule has 1 amide bonds. The van der Waals surface area contributed by atoms with Gasteiger partial charge < -0.3 is 20.5 Å². The number of nitrogens with two attached hydrogens (primary N) is 1. The van der Waals surface area contributed by atoms with Gasteiger partial charge in [-0.2, -0.15) is 0 Å². The largest absolute Gasteiger partial charge is 0.479 e. The molecule has 0 fully saturated rings. The van der Waals surface area contributed by atoms with Crippen LogP contribution >= 0.6 is 0 Å². The lowest BCUT2D eigenvalue weighted by atomic mass is 10.0. The van der Waals surface area contributed by atoms with Crippen LogP contribution in [0.2, 0.25) is 0 Å². The number of hydrogen-bond acceptors (Lipinski definition) is 4. The summed E-state index contributed by atoms with van der Waals surface area (Å²) in [7, 11) is 0. The Kier molecular flexibility index (Phi) is 3.78. The monoisotopic (exact) mass is 264 g/mol. The van der Waals surface area contributed by atoms with Gasteiger partial charge in [0.2, 0.25) is 0 Å². The smallest absolute Gasteiger partial charge is 0.268 e. The Labute approximate surface area is 113 Å². The number of carbonyl (C=O) groups excluding carboxylic acids is 1. The van der Waals surface area contributed by atoms with Crippen molar-refractivity contribution in [3.05, 3.63) is 23.8 Å². The Bertz CT molecular complexity index is 488. The lowest BCUT2D eigenvalue weighted by molar-refractivity contribution is -0.125. The molecule has 2 atom stereocenters. The summed E-state index contributed by atoms with van der Waals surface area (Å²) in [5.41, 5.74) is 6.85. The average molecular weight is 264 g/mol. The van der Waals surface area contributed by atoms with Gasteiger partial charge in [-0.1, -0.05) is 6.07 Å². The van der Waals surface area contributed by atoms with E-state index in [1.807, 2.05) is 13.8 Å². The molecule has 0 aliphatic carbocycles. The number of fused-ring (bicyclic) bond motifs is 1. The summed E-state index contributed by atoms with van der Waals surface area (Å²) in [5, 5.41) is 9.80. The number of carbonyl (C=O) groups is 1. The Morgan fingerprint density at radius 2 is 2.16 bits per heavy atom. The Hall–Kier alpha value is -1.59. The van der Waals surface area contributed by atoms with E-state index in [2.05, 4.69) is 0 Å². The fourth-order valence-corrected chi connectivity index (χ4v) is 2.25. The zero-order valence-electron chi connectivity index (χ0n) is 11.5. The second kappa shape index (κ2) is 5.19. The van der Waals surface area contributed by atoms with E-state index in [4.69, 9.17) is 10.5 Å². The molecular weight excluding hydrogens is 244 g/mol. The van der Waals surface area contributed by atoms with Gasteiger partial charge in [0, 0.05) is 12.6 Å². The van der Waals surface area contributed by atoms with E-state index in [1.165, 1.54) is 0 Å². The van der Waals surface area contributed by atoms with E-state index >= 15 is 0 Å². The van der Waals surface area contributed by atoms with Crippen LogP contribution in [0.25, 0.3) is 0 Å². The van der Waals surface area contributed by atoms with Crippen LogP contribution in [-0.4, -0.2) is 29.7 Å². The van der Waals surface area contributed by atoms with Crippen molar-refractivity contribution < 1.29 is 14.6 Å². The number of hydrogen-bond donors (Lipinski definition) is 2. The number of aliphatic hydroxyl groups is 1. The normalized spacial score (nSPS) is 20.2. The predicted octanol–water partition coefficient (Wildman–Crippen LogP) is 1.20. The van der Waals surface area contributed by atoms with Crippen molar-refractivity contribution in [3.63, 3.8) is 0 Å². The molecule has 19 heavy (non-hydrogen) atoms. The van der Waals surface area contributed by atoms with Gasteiger partial charge in [-0.15, -0.1) is 0 Å². The SMILES string of the molecule is CC1Oc2ccc(C(O)CN)cc2N(C(C)C)C1=O. The second-order valence-corrected chi connectivity index (χ2v) is 5.04. The van der Waals surface area contributed by atoms with Crippen LogP contribution in [0.5, 0.6) is 5.75 Å². The number of anilines is 1. The second-order valence-electron chi connectivity index (χ2n) is 5.04. The molecule has 0 bridgehead atoms. The Morgan fingerprint density at radius 3 is 2.74 bits per heavy atom. The van der Waals surface area contributed by atoms with Crippen molar-refractivity contribution in [2.75, 3.05) is 11.4 Å². The minimum Gasteiger partial charge on any atom is -0.479 e. The lowest BCUT2D eigenvalue weighted by Crippen LogP contribution is -2.47. The average Bonchev–Trinajstić information content (AvgIpc) is 2.38. The molecule has 1 aliphatic heterocycles. The molecule has 0 spiro atoms. The zero-order valence-corrected chi connectivity index (χ0v) is 11.5. The topological polar surface area (TPSA) is 75.8 Å². The summed E-state index contributed by atoms with van der Waals surface area (Å²) in [6.07, 6.45) is -1.21. The molecule has 1 aliphatic rings. The lowest BCUT2D eigenvalue weighted by Gasteiger charge is -2.36. The first-order valence-electron chi connectivity index (χ1n) is 6.47. The molecule has 3 N–H and O–H groups in total. The third-order valence-corrected chi connectivity index (χ3v) is 3.26. The maximum Gasteiger partial charge on any atom is 0.268 e. The zero-order chi connectivity index (χ0) is 14.2. The highest BCUT2D eigenvalue weighted by molar-refractivity contribution is 6.00. The molecule has 2 rings (SSSR count). The Morgan fingerprint density at radius 1 is 1.47 bits per heavy atom. The maximum atomic E-state index is 12.2. The molecule has 1 aromatic rings. The van der Waals surface area contributed by atoms with Gasteiger partial charge in [0.1, 0.15) is 5.75 Å². The van der Waals surface area contributed by atoms with Gasteiger partial charge in [-0.05, 0) is 38.5 Å². The molecule has 2 unspecified atom stereocenters. The first kappa shape index (κ1) is 13.8. The number of nitrogens with zero attached hydrogens (tertiary/aromatic N) is 1. The van der Waals surface area contributed by atoms with Crippen molar-refractivity contribution in [2.24, 2.45) is 5.73 Å². The molecule has 0 radical (unpaired) electrons. The number of aliphatic hydroxyl groups excluding tert-OH is 1. The predicted molar refractivity (Wildman–Crippen MR) is 73.2 cm³/mol. The van der Waals surface area contributed by atoms with E-state index in [-0.39, 0.29) is 18.5 Å². The molecule has 5 nitrogen and oxygen atoms in total. The number of amides is 1. The fourth-order valence-electron chi connectivity index (χ4n) is 2.25. The molecule has 5 heteroatoms. The molecule has 1 heterocycles. The van der Waals surface area contributed by atoms with Crippen molar-refractivity contribution in [1.29, 1.82) is 0 Å². The molecule has 0 aromatic heterocycles. The van der Waals surface area contributed by atoms with Gasteiger partial charge in [-0.3, -0.25) is 4.79 Å². The van der Waals surface area contributed by atoms with Crippen molar-refractivity contribution in [3.8, 4) is 5.75 Å². The molecule has 104 valence electrons. The van der Waals surface area contributed by atoms with Crippen LogP contribution in [0.15, 0.2) is 18.2 Å². The van der Waals surface area contributed by atoms with Gasteiger partial charge in [0.25, 0.3) is 5.91 Å². The molecule has 0 saturated carbocycles. The maximum absolute atomic E-state index is 12.2. The quantitative estimate of drug-likeness (QED) is 0.860. The third-order valence-electron chi connectivity index (χ3n) is 3.26. The first-order valence-corrected chi connectivity index (χ1v) is 6.47. The van der Waals surface area contributed by atoms with Crippen LogP contribution in [0, 0.1) is 0 Å². The number of benzene rings is 1. The minimum atomic E-state index is -0.728. The standard InChI is InChI=1S/C14H20N2O3/c1-8(2)16-11-6-10(12(17)7-15)4-5-13(11)19-9(3)14(16)18/h4-6,8-9,12,17H,7,15H2,1-3H3. The summed E-state index contributed by atoms with van der Waals surface area (Å²) < 4.78 is 5.59. The van der Waals surface area contributed by atoms with Crippen LogP contribution in [0.3, 0.4) is 0 Å². The summed E-state index contributed by atoms with van der Waals surface area (Å²) in [5.74, 6) is 0.593. The van der Waals surface area contributed by atoms with Gasteiger partial charge in [-0.25, -0.2) is 0 Å². The number of rotatable bonds is 3. The third kappa shape index (κ3) is 2.43. The van der Waals surface area contributed by atoms with Crippen molar-refractivity contribution >= 4 is 11.6 Å². The highest BCUT2D eigenvalue weighted by Crippen LogP contribution is 2.37. The fraction of sp³-hybridized carbons (Fsp3) is 0.500. The summed E-state index contributed by atoms with van der Waals surface area (Å²) in [6.45, 7) is 5.78. The van der Waals surface area contributed by atoms with E-state index in [1.54, 1.807) is 30.0 Å². The van der Waals surface area contributed by atoms with E-state index < -0.39 is 12.2 Å². The first-order chi connectivity index (χ1) is 8.95. The molecule has 1 aromatic carbocycles. The van der Waals surface area contributed by atoms with Gasteiger partial charge in [0.15, 0.2) is 6.10 Å².